The first-order valence-electron chi connectivity index (χ1n) is 26.8. The zero-order valence-electron chi connectivity index (χ0n) is 47.0. The Kier molecular flexibility index (Phi) is 20.1. The molecular formula is C58H76N2O20. The van der Waals surface area contributed by atoms with Gasteiger partial charge in [-0.1, -0.05) is 69.3 Å². The van der Waals surface area contributed by atoms with Gasteiger partial charge in [0.15, 0.2) is 11.4 Å². The number of nitrogens with one attached hydrogen (secondary N) is 2. The molecule has 0 radical (unpaired) electrons. The van der Waals surface area contributed by atoms with E-state index in [0.717, 1.165) is 6.92 Å². The van der Waals surface area contributed by atoms with Crippen molar-refractivity contribution in [2.45, 2.75) is 161 Å². The van der Waals surface area contributed by atoms with Gasteiger partial charge >= 0.3 is 30.0 Å². The predicted octanol–water partition coefficient (Wildman–Crippen LogP) is 3.92. The molecule has 1 aliphatic heterocycles. The first-order chi connectivity index (χ1) is 37.5. The zero-order valence-corrected chi connectivity index (χ0v) is 47.0. The fourth-order valence-corrected chi connectivity index (χ4v) is 11.4. The van der Waals surface area contributed by atoms with Crippen molar-refractivity contribution in [1.82, 2.24) is 10.6 Å². The average molecular weight is 1120 g/mol. The molecule has 6 rings (SSSR count). The highest BCUT2D eigenvalue weighted by molar-refractivity contribution is 5.94. The molecule has 1 saturated heterocycles. The molecular weight excluding hydrogens is 1040 g/mol. The number of benzene rings is 2. The van der Waals surface area contributed by atoms with E-state index in [2.05, 4.69) is 10.6 Å². The van der Waals surface area contributed by atoms with Crippen LogP contribution in [0.2, 0.25) is 0 Å². The molecule has 2 aromatic rings. The predicted molar refractivity (Wildman–Crippen MR) is 281 cm³/mol. The molecule has 2 aromatic carbocycles. The Balaban J connectivity index is 1.35. The van der Waals surface area contributed by atoms with E-state index in [-0.39, 0.29) is 92.6 Å². The van der Waals surface area contributed by atoms with Gasteiger partial charge in [0, 0.05) is 50.4 Å². The monoisotopic (exact) mass is 1120 g/mol. The van der Waals surface area contributed by atoms with Crippen molar-refractivity contribution < 1.29 is 96.4 Å². The van der Waals surface area contributed by atoms with Crippen molar-refractivity contribution in [3.05, 3.63) is 82.9 Å². The number of ketones is 3. The lowest BCUT2D eigenvalue weighted by Crippen LogP contribution is -2.81. The fraction of sp³-hybridized carbons (Fsp3) is 0.603. The van der Waals surface area contributed by atoms with Crippen molar-refractivity contribution in [2.24, 2.45) is 22.7 Å². The smallest absolute Gasteiger partial charge is 0.408 e. The first-order valence-corrected chi connectivity index (χ1v) is 26.8. The molecule has 12 atom stereocenters. The number of ether oxygens (including phenoxy) is 8. The second-order valence-corrected chi connectivity index (χ2v) is 22.8. The Labute approximate surface area is 464 Å². The number of aliphatic hydroxyl groups is 3. The van der Waals surface area contributed by atoms with Gasteiger partial charge in [0.1, 0.15) is 59.8 Å². The number of amides is 2. The summed E-state index contributed by atoms with van der Waals surface area (Å²) < 4.78 is 46.8. The van der Waals surface area contributed by atoms with Crippen molar-refractivity contribution in [3.63, 3.8) is 0 Å². The fourth-order valence-electron chi connectivity index (χ4n) is 11.4. The molecule has 22 nitrogen and oxygen atoms in total. The summed E-state index contributed by atoms with van der Waals surface area (Å²) in [4.78, 5) is 123. The normalized spacial score (nSPS) is 27.8. The number of rotatable bonds is 23. The molecule has 3 fully saturated rings. The molecule has 1 unspecified atom stereocenters. The second-order valence-electron chi connectivity index (χ2n) is 22.8. The molecule has 2 saturated carbocycles. The highest BCUT2D eigenvalue weighted by Crippen LogP contribution is 2.64. The van der Waals surface area contributed by atoms with Crippen molar-refractivity contribution in [2.75, 3.05) is 39.6 Å². The number of fused-ring (bicyclic) bond motifs is 5. The van der Waals surface area contributed by atoms with Crippen LogP contribution in [0.15, 0.2) is 71.8 Å². The maximum Gasteiger partial charge on any atom is 0.408 e. The number of hydrogen-bond donors (Lipinski definition) is 5. The van der Waals surface area contributed by atoms with Gasteiger partial charge in [-0.25, -0.2) is 14.4 Å². The molecule has 4 aliphatic rings. The summed E-state index contributed by atoms with van der Waals surface area (Å²) in [7, 11) is 0. The Morgan fingerprint density at radius 1 is 0.850 bits per heavy atom. The number of hydrogen-bond acceptors (Lipinski definition) is 20. The van der Waals surface area contributed by atoms with Crippen molar-refractivity contribution in [1.29, 1.82) is 0 Å². The Morgan fingerprint density at radius 3 is 2.04 bits per heavy atom. The number of alkyl carbamates (subject to hydrolysis) is 1. The molecule has 0 aromatic heterocycles. The Morgan fingerprint density at radius 2 is 1.46 bits per heavy atom. The highest BCUT2D eigenvalue weighted by Gasteiger charge is 2.78. The third-order valence-corrected chi connectivity index (χ3v) is 15.7. The van der Waals surface area contributed by atoms with Crippen LogP contribution in [0.25, 0.3) is 0 Å². The number of aliphatic hydroxyl groups excluding tert-OH is 2. The summed E-state index contributed by atoms with van der Waals surface area (Å²) in [6, 6.07) is 14.0. The van der Waals surface area contributed by atoms with Crippen LogP contribution < -0.4 is 10.6 Å². The lowest BCUT2D eigenvalue weighted by molar-refractivity contribution is -0.346. The van der Waals surface area contributed by atoms with E-state index in [1.165, 1.54) is 65.8 Å². The molecule has 80 heavy (non-hydrogen) atoms. The van der Waals surface area contributed by atoms with E-state index in [9.17, 15) is 48.9 Å². The number of esters is 4. The van der Waals surface area contributed by atoms with E-state index in [1.807, 2.05) is 0 Å². The molecule has 22 heteroatoms. The van der Waals surface area contributed by atoms with Crippen LogP contribution >= 0.6 is 0 Å². The summed E-state index contributed by atoms with van der Waals surface area (Å²) in [6.45, 7) is 14.1. The SMILES string of the molecule is CC(=O)CCOCCOCCC(=O)CC(C)C(=O)NCC(=O)O[C@@H](C(=O)O[C@H]1C[C@@]2(O)[C@@H](OC(=O)c3ccccc3)[C@@H]3[C@]4(OC(C)=O)CO[C@@H]4C[C@H](O)[C@@]3(C)C(=O)[C@H](O)C(=C1C)C2(C)C)[C@@H](NC(=O)OC(C)(C)C)c1ccccc1. The van der Waals surface area contributed by atoms with Gasteiger partial charge in [0.05, 0.1) is 56.0 Å². The standard InChI is InChI=1S/C58H76N2O20/c1-32(27-38(63)22-24-74-26-25-73-23-21-33(2)61)50(68)59-30-42(65)77-46(44(36-17-13-11-14-18-36)60-53(71)80-54(5,6)7)52(70)76-39-29-58(72)49(78-51(69)37-19-15-12-16-20-37)47-56(10,48(67)45(66)43(34(39)3)55(58,8)9)40(64)28-41-57(47,31-75-41)79-35(4)62/h11-20,32,39-41,44-47,49,64,66,72H,21-31H2,1-10H3,(H,59,68)(H,60,71)/t32?,39-,40-,41+,44-,45+,46+,47-,49-,56+,57-,58+/m0/s1. The number of carbonyl (C=O) groups is 9. The molecule has 2 bridgehead atoms. The molecule has 5 N–H and O–H groups in total. The van der Waals surface area contributed by atoms with Gasteiger partial charge < -0.3 is 63.8 Å². The third-order valence-electron chi connectivity index (χ3n) is 15.7. The van der Waals surface area contributed by atoms with Crippen molar-refractivity contribution >= 4 is 53.2 Å². The van der Waals surface area contributed by atoms with E-state index < -0.39 is 137 Å². The topological polar surface area (TPSA) is 312 Å². The Bertz CT molecular complexity index is 2670. The van der Waals surface area contributed by atoms with E-state index in [0.29, 0.717) is 0 Å². The van der Waals surface area contributed by atoms with E-state index in [1.54, 1.807) is 57.2 Å². The lowest BCUT2D eigenvalue weighted by Gasteiger charge is -2.67. The molecule has 438 valence electrons. The third kappa shape index (κ3) is 13.7. The minimum atomic E-state index is -2.50. The van der Waals surface area contributed by atoms with Crippen LogP contribution in [-0.2, 0) is 71.5 Å². The number of Topliss-reactive ketones (excluding diaryl/α,β-unsaturated/α-hetero) is 3. The van der Waals surface area contributed by atoms with Crippen LogP contribution in [0.3, 0.4) is 0 Å². The van der Waals surface area contributed by atoms with Crippen LogP contribution in [0.1, 0.15) is 123 Å². The van der Waals surface area contributed by atoms with Gasteiger partial charge in [-0.2, -0.15) is 0 Å². The maximum absolute atomic E-state index is 15.3. The van der Waals surface area contributed by atoms with Gasteiger partial charge in [0.25, 0.3) is 0 Å². The maximum atomic E-state index is 15.3. The van der Waals surface area contributed by atoms with Gasteiger partial charge in [0.2, 0.25) is 12.0 Å². The number of carbonyl (C=O) groups excluding carboxylic acids is 9. The lowest BCUT2D eigenvalue weighted by atomic mass is 9.44. The minimum absolute atomic E-state index is 0.00805. The first kappa shape index (κ1) is 62.8. The summed E-state index contributed by atoms with van der Waals surface area (Å²) in [5, 5.41) is 43.4. The van der Waals surface area contributed by atoms with E-state index >= 15 is 9.59 Å². The molecule has 0 spiro atoms. The van der Waals surface area contributed by atoms with Gasteiger partial charge in [-0.15, -0.1) is 0 Å². The van der Waals surface area contributed by atoms with Crippen LogP contribution in [0.5, 0.6) is 0 Å². The summed E-state index contributed by atoms with van der Waals surface area (Å²) in [5.41, 5.74) is -9.17. The largest absolute Gasteiger partial charge is 0.455 e. The van der Waals surface area contributed by atoms with Gasteiger partial charge in [-0.3, -0.25) is 28.8 Å². The van der Waals surface area contributed by atoms with E-state index in [4.69, 9.17) is 37.9 Å². The summed E-state index contributed by atoms with van der Waals surface area (Å²) >= 11 is 0. The molecule has 2 amide bonds. The quantitative estimate of drug-likeness (QED) is 0.0456. The van der Waals surface area contributed by atoms with Gasteiger partial charge in [-0.05, 0) is 70.4 Å². The zero-order chi connectivity index (χ0) is 59.1. The van der Waals surface area contributed by atoms with Crippen LogP contribution in [0, 0.1) is 22.7 Å². The highest BCUT2D eigenvalue weighted by atomic mass is 16.6. The van der Waals surface area contributed by atoms with Crippen molar-refractivity contribution in [3.8, 4) is 0 Å². The minimum Gasteiger partial charge on any atom is -0.455 e. The second kappa shape index (κ2) is 25.6. The van der Waals surface area contributed by atoms with Crippen LogP contribution in [0.4, 0.5) is 4.79 Å². The summed E-state index contributed by atoms with van der Waals surface area (Å²) in [6.07, 6.45) is -12.4. The Hall–Kier alpha value is -6.43. The summed E-state index contributed by atoms with van der Waals surface area (Å²) in [5.74, 6) is -8.94. The average Bonchev–Trinajstić information content (AvgIpc) is 3.56. The van der Waals surface area contributed by atoms with Crippen LogP contribution in [-0.4, -0.2) is 162 Å². The molecule has 1 heterocycles. The molecule has 3 aliphatic carbocycles.